The Balaban J connectivity index is 1.68. The standard InChI is InChI=1S/C32H54O16S/c33-31(34)8-4-5-9-32(35)47-28-26-45-24-22-43-20-18-41-16-14-39-12-10-38-11-13-40-15-17-42-19-21-44-23-25-46-27-29-48-49(36,37)30-6-2-1-3-7-30/h1-3,6-7H,4-5,8-29H2,(H,33,34). The summed E-state index contributed by atoms with van der Waals surface area (Å²) >= 11 is 0. The maximum absolute atomic E-state index is 12.0. The number of carbonyl (C=O) groups is 2. The number of aliphatic carboxylic acids is 1. The molecule has 17 heteroatoms. The van der Waals surface area contributed by atoms with Crippen molar-refractivity contribution in [2.75, 3.05) is 132 Å². The molecule has 0 aliphatic heterocycles. The molecule has 0 saturated carbocycles. The predicted octanol–water partition coefficient (Wildman–Crippen LogP) is 1.73. The second-order valence-corrected chi connectivity index (χ2v) is 11.5. The third-order valence-corrected chi connectivity index (χ3v) is 7.31. The summed E-state index contributed by atoms with van der Waals surface area (Å²) in [5.41, 5.74) is 0. The van der Waals surface area contributed by atoms with Gasteiger partial charge in [-0.1, -0.05) is 18.2 Å². The van der Waals surface area contributed by atoms with Gasteiger partial charge in [0.25, 0.3) is 10.1 Å². The van der Waals surface area contributed by atoms with Gasteiger partial charge in [-0.15, -0.1) is 0 Å². The molecule has 0 aliphatic carbocycles. The third-order valence-electron chi connectivity index (χ3n) is 5.99. The molecule has 1 rings (SSSR count). The number of esters is 1. The first-order valence-corrected chi connectivity index (χ1v) is 17.8. The normalized spacial score (nSPS) is 11.6. The van der Waals surface area contributed by atoms with E-state index in [4.69, 9.17) is 56.7 Å². The van der Waals surface area contributed by atoms with Crippen LogP contribution in [0.4, 0.5) is 0 Å². The lowest BCUT2D eigenvalue weighted by atomic mass is 10.2. The molecule has 0 heterocycles. The summed E-state index contributed by atoms with van der Waals surface area (Å²) in [5.74, 6) is -1.22. The summed E-state index contributed by atoms with van der Waals surface area (Å²) in [5, 5.41) is 8.55. The van der Waals surface area contributed by atoms with E-state index in [1.54, 1.807) is 18.2 Å². The van der Waals surface area contributed by atoms with Gasteiger partial charge in [-0.2, -0.15) is 8.42 Å². The van der Waals surface area contributed by atoms with Crippen LogP contribution >= 0.6 is 0 Å². The average Bonchev–Trinajstić information content (AvgIpc) is 3.09. The number of carboxylic acid groups (broad SMARTS) is 1. The minimum absolute atomic E-state index is 0.0533. The quantitative estimate of drug-likeness (QED) is 0.0592. The Morgan fingerprint density at radius 2 is 0.796 bits per heavy atom. The first-order valence-electron chi connectivity index (χ1n) is 16.4. The van der Waals surface area contributed by atoms with Crippen LogP contribution in [0.5, 0.6) is 0 Å². The van der Waals surface area contributed by atoms with Gasteiger partial charge in [0.05, 0.1) is 130 Å². The average molecular weight is 727 g/mol. The molecule has 0 aliphatic rings. The van der Waals surface area contributed by atoms with Gasteiger partial charge in [0, 0.05) is 12.8 Å². The molecule has 0 saturated heterocycles. The Kier molecular flexibility index (Phi) is 30.0. The molecule has 0 bridgehead atoms. The monoisotopic (exact) mass is 726 g/mol. The minimum Gasteiger partial charge on any atom is -0.481 e. The van der Waals surface area contributed by atoms with E-state index in [0.717, 1.165) is 0 Å². The number of hydrogen-bond donors (Lipinski definition) is 1. The van der Waals surface area contributed by atoms with E-state index in [0.29, 0.717) is 119 Å². The number of ether oxygens (including phenoxy) is 10. The molecule has 0 aromatic heterocycles. The van der Waals surface area contributed by atoms with Crippen molar-refractivity contribution in [2.24, 2.45) is 0 Å². The van der Waals surface area contributed by atoms with Crippen LogP contribution in [0.3, 0.4) is 0 Å². The van der Waals surface area contributed by atoms with Crippen LogP contribution < -0.4 is 0 Å². The van der Waals surface area contributed by atoms with E-state index < -0.39 is 16.1 Å². The van der Waals surface area contributed by atoms with Crippen molar-refractivity contribution >= 4 is 22.1 Å². The fraction of sp³-hybridized carbons (Fsp3) is 0.750. The third kappa shape index (κ3) is 30.3. The van der Waals surface area contributed by atoms with Gasteiger partial charge >= 0.3 is 11.9 Å². The first-order chi connectivity index (χ1) is 23.9. The number of unbranched alkanes of at least 4 members (excludes halogenated alkanes) is 1. The van der Waals surface area contributed by atoms with Gasteiger partial charge in [-0.05, 0) is 25.0 Å². The van der Waals surface area contributed by atoms with E-state index in [2.05, 4.69) is 0 Å². The Morgan fingerprint density at radius 3 is 1.16 bits per heavy atom. The minimum atomic E-state index is -3.77. The zero-order valence-electron chi connectivity index (χ0n) is 28.3. The summed E-state index contributed by atoms with van der Waals surface area (Å²) in [4.78, 5) is 22.0. The second kappa shape index (κ2) is 32.9. The van der Waals surface area contributed by atoms with Crippen LogP contribution in [0.2, 0.25) is 0 Å². The highest BCUT2D eigenvalue weighted by Crippen LogP contribution is 2.10. The molecule has 1 aromatic rings. The molecule has 0 unspecified atom stereocenters. The molecule has 0 amide bonds. The summed E-state index contributed by atoms with van der Waals surface area (Å²) < 4.78 is 82.5. The summed E-state index contributed by atoms with van der Waals surface area (Å²) in [6.45, 7) is 7.24. The highest BCUT2D eigenvalue weighted by Gasteiger charge is 2.13. The van der Waals surface area contributed by atoms with Gasteiger partial charge < -0.3 is 52.5 Å². The smallest absolute Gasteiger partial charge is 0.305 e. The summed E-state index contributed by atoms with van der Waals surface area (Å²) in [7, 11) is -3.77. The van der Waals surface area contributed by atoms with E-state index in [9.17, 15) is 18.0 Å². The summed E-state index contributed by atoms with van der Waals surface area (Å²) in [6.07, 6.45) is 1.21. The van der Waals surface area contributed by atoms with E-state index in [1.807, 2.05) is 0 Å². The fourth-order valence-electron chi connectivity index (χ4n) is 3.55. The Bertz CT molecular complexity index is 1010. The Labute approximate surface area is 289 Å². The first kappa shape index (κ1) is 44.7. The molecule has 16 nitrogen and oxygen atoms in total. The van der Waals surface area contributed by atoms with Gasteiger partial charge in [0.2, 0.25) is 0 Å². The van der Waals surface area contributed by atoms with Gasteiger partial charge in [0.1, 0.15) is 6.61 Å². The van der Waals surface area contributed by atoms with Crippen molar-refractivity contribution in [3.8, 4) is 0 Å². The molecular weight excluding hydrogens is 672 g/mol. The lowest BCUT2D eigenvalue weighted by molar-refractivity contribution is -0.146. The molecule has 49 heavy (non-hydrogen) atoms. The van der Waals surface area contributed by atoms with Crippen LogP contribution in [-0.4, -0.2) is 158 Å². The molecular formula is C32H54O16S. The van der Waals surface area contributed by atoms with Crippen LogP contribution in [0.25, 0.3) is 0 Å². The molecule has 0 fully saturated rings. The highest BCUT2D eigenvalue weighted by molar-refractivity contribution is 7.86. The molecule has 0 spiro atoms. The van der Waals surface area contributed by atoms with E-state index in [-0.39, 0.29) is 50.1 Å². The Morgan fingerprint density at radius 1 is 0.469 bits per heavy atom. The van der Waals surface area contributed by atoms with Crippen LogP contribution in [0.15, 0.2) is 35.2 Å². The zero-order valence-corrected chi connectivity index (χ0v) is 29.2. The highest BCUT2D eigenvalue weighted by atomic mass is 32.2. The molecule has 1 N–H and O–H groups in total. The van der Waals surface area contributed by atoms with Crippen LogP contribution in [0.1, 0.15) is 25.7 Å². The van der Waals surface area contributed by atoms with E-state index in [1.165, 1.54) is 12.1 Å². The number of hydrogen-bond acceptors (Lipinski definition) is 15. The SMILES string of the molecule is O=C(O)CCCCC(=O)OCCOCCOCCOCCOCCOCCOCCOCCOCCOCCOS(=O)(=O)c1ccccc1. The zero-order chi connectivity index (χ0) is 35.5. The number of rotatable bonds is 37. The van der Waals surface area contributed by atoms with Crippen molar-refractivity contribution < 1.29 is 74.7 Å². The topological polar surface area (TPSA) is 190 Å². The second-order valence-electron chi connectivity index (χ2n) is 9.92. The number of carbonyl (C=O) groups excluding carboxylic acids is 1. The molecule has 0 atom stereocenters. The van der Waals surface area contributed by atoms with Crippen molar-refractivity contribution in [1.82, 2.24) is 0 Å². The summed E-state index contributed by atoms with van der Waals surface area (Å²) in [6, 6.07) is 7.94. The molecule has 1 aromatic carbocycles. The van der Waals surface area contributed by atoms with Crippen LogP contribution in [-0.2, 0) is 71.3 Å². The molecule has 284 valence electrons. The van der Waals surface area contributed by atoms with Crippen molar-refractivity contribution in [2.45, 2.75) is 30.6 Å². The fourth-order valence-corrected chi connectivity index (χ4v) is 4.47. The number of benzene rings is 1. The van der Waals surface area contributed by atoms with Crippen molar-refractivity contribution in [1.29, 1.82) is 0 Å². The lowest BCUT2D eigenvalue weighted by Gasteiger charge is -2.09. The van der Waals surface area contributed by atoms with Crippen molar-refractivity contribution in [3.63, 3.8) is 0 Å². The van der Waals surface area contributed by atoms with Crippen LogP contribution in [0, 0.1) is 0 Å². The van der Waals surface area contributed by atoms with E-state index >= 15 is 0 Å². The lowest BCUT2D eigenvalue weighted by Crippen LogP contribution is -2.16. The van der Waals surface area contributed by atoms with Gasteiger partial charge in [-0.25, -0.2) is 0 Å². The predicted molar refractivity (Wildman–Crippen MR) is 174 cm³/mol. The maximum atomic E-state index is 12.0. The molecule has 0 radical (unpaired) electrons. The van der Waals surface area contributed by atoms with Crippen molar-refractivity contribution in [3.05, 3.63) is 30.3 Å². The van der Waals surface area contributed by atoms with Gasteiger partial charge in [0.15, 0.2) is 0 Å². The largest absolute Gasteiger partial charge is 0.481 e. The maximum Gasteiger partial charge on any atom is 0.305 e. The van der Waals surface area contributed by atoms with Gasteiger partial charge in [-0.3, -0.25) is 13.8 Å². The number of carboxylic acids is 1. The Hall–Kier alpha value is -2.29.